The van der Waals surface area contributed by atoms with Crippen LogP contribution in [0.15, 0.2) is 12.3 Å². The SMILES string of the molecule is C=C(CCCCCN(CCO)CCCCCC)OCC(CCCCCCCC)CCCCCCCCCC. The van der Waals surface area contributed by atoms with Gasteiger partial charge in [0, 0.05) is 13.0 Å². The fourth-order valence-electron chi connectivity index (χ4n) is 5.47. The second kappa shape index (κ2) is 31.0. The molecule has 0 saturated heterocycles. The van der Waals surface area contributed by atoms with Crippen LogP contribution in [0.25, 0.3) is 0 Å². The van der Waals surface area contributed by atoms with Crippen LogP contribution in [0.5, 0.6) is 0 Å². The highest BCUT2D eigenvalue weighted by atomic mass is 16.5. The molecule has 0 saturated carbocycles. The van der Waals surface area contributed by atoms with Gasteiger partial charge in [-0.1, -0.05) is 143 Å². The second-order valence-electron chi connectivity index (χ2n) is 12.0. The molecule has 0 heterocycles. The molecule has 0 aliphatic rings. The number of ether oxygens (including phenoxy) is 1. The normalized spacial score (nSPS) is 12.3. The van der Waals surface area contributed by atoms with Gasteiger partial charge in [-0.25, -0.2) is 0 Å². The third-order valence-corrected chi connectivity index (χ3v) is 8.13. The highest BCUT2D eigenvalue weighted by molar-refractivity contribution is 4.82. The Bertz CT molecular complexity index is 467. The van der Waals surface area contributed by atoms with Crippen LogP contribution in [0.3, 0.4) is 0 Å². The third-order valence-electron chi connectivity index (χ3n) is 8.13. The molecular formula is C35H71NO2. The summed E-state index contributed by atoms with van der Waals surface area (Å²) in [6, 6.07) is 0. The van der Waals surface area contributed by atoms with E-state index in [0.717, 1.165) is 38.4 Å². The molecule has 1 N–H and O–H groups in total. The molecule has 0 aromatic rings. The van der Waals surface area contributed by atoms with E-state index in [1.165, 1.54) is 148 Å². The van der Waals surface area contributed by atoms with Gasteiger partial charge < -0.3 is 14.7 Å². The Morgan fingerprint density at radius 3 is 1.47 bits per heavy atom. The molecular weight excluding hydrogens is 466 g/mol. The quantitative estimate of drug-likeness (QED) is 0.0684. The molecule has 1 atom stereocenters. The van der Waals surface area contributed by atoms with Gasteiger partial charge in [0.05, 0.1) is 19.0 Å². The molecule has 0 aromatic carbocycles. The zero-order valence-corrected chi connectivity index (χ0v) is 26.6. The topological polar surface area (TPSA) is 32.7 Å². The third kappa shape index (κ3) is 27.0. The zero-order chi connectivity index (χ0) is 27.9. The first-order valence-corrected chi connectivity index (χ1v) is 17.3. The van der Waals surface area contributed by atoms with Crippen LogP contribution < -0.4 is 0 Å². The molecule has 0 radical (unpaired) electrons. The Hall–Kier alpha value is -0.540. The highest BCUT2D eigenvalue weighted by Crippen LogP contribution is 2.21. The number of aliphatic hydroxyl groups is 1. The van der Waals surface area contributed by atoms with E-state index in [9.17, 15) is 5.11 Å². The van der Waals surface area contributed by atoms with Crippen molar-refractivity contribution in [1.29, 1.82) is 0 Å². The van der Waals surface area contributed by atoms with Crippen molar-refractivity contribution in [3.05, 3.63) is 12.3 Å². The lowest BCUT2D eigenvalue weighted by atomic mass is 9.94. The van der Waals surface area contributed by atoms with Gasteiger partial charge in [0.1, 0.15) is 0 Å². The molecule has 0 aliphatic carbocycles. The van der Waals surface area contributed by atoms with E-state index in [2.05, 4.69) is 32.3 Å². The van der Waals surface area contributed by atoms with E-state index in [1.54, 1.807) is 0 Å². The molecule has 38 heavy (non-hydrogen) atoms. The number of unbranched alkanes of at least 4 members (excludes halogenated alkanes) is 17. The fourth-order valence-corrected chi connectivity index (χ4v) is 5.47. The summed E-state index contributed by atoms with van der Waals surface area (Å²) in [5.41, 5.74) is 0. The smallest absolute Gasteiger partial charge is 0.0905 e. The molecule has 0 amide bonds. The molecule has 3 heteroatoms. The predicted molar refractivity (Wildman–Crippen MR) is 170 cm³/mol. The molecule has 0 aromatic heterocycles. The summed E-state index contributed by atoms with van der Waals surface area (Å²) in [5, 5.41) is 9.37. The summed E-state index contributed by atoms with van der Waals surface area (Å²) in [5.74, 6) is 1.71. The second-order valence-corrected chi connectivity index (χ2v) is 12.0. The van der Waals surface area contributed by atoms with Gasteiger partial charge >= 0.3 is 0 Å². The number of allylic oxidation sites excluding steroid dienone is 1. The van der Waals surface area contributed by atoms with Crippen LogP contribution in [0.4, 0.5) is 0 Å². The minimum Gasteiger partial charge on any atom is -0.498 e. The van der Waals surface area contributed by atoms with E-state index < -0.39 is 0 Å². The van der Waals surface area contributed by atoms with E-state index >= 15 is 0 Å². The largest absolute Gasteiger partial charge is 0.498 e. The zero-order valence-electron chi connectivity index (χ0n) is 26.6. The summed E-state index contributed by atoms with van der Waals surface area (Å²) in [4.78, 5) is 2.44. The van der Waals surface area contributed by atoms with Gasteiger partial charge in [-0.05, 0) is 51.1 Å². The van der Waals surface area contributed by atoms with Gasteiger partial charge in [0.15, 0.2) is 0 Å². The standard InChI is InChI=1S/C35H71NO2/c1-5-8-11-14-16-17-19-23-28-35(27-22-18-15-12-9-6-2)33-38-34(4)26-21-20-25-30-36(31-32-37)29-24-13-10-7-3/h35,37H,4-33H2,1-3H3. The fraction of sp³-hybridized carbons (Fsp3) is 0.943. The Morgan fingerprint density at radius 1 is 0.579 bits per heavy atom. The molecule has 3 nitrogen and oxygen atoms in total. The Morgan fingerprint density at radius 2 is 1.00 bits per heavy atom. The van der Waals surface area contributed by atoms with Crippen LogP contribution in [0.2, 0.25) is 0 Å². The van der Waals surface area contributed by atoms with Crippen LogP contribution in [0.1, 0.15) is 175 Å². The molecule has 1 unspecified atom stereocenters. The Balaban J connectivity index is 4.13. The highest BCUT2D eigenvalue weighted by Gasteiger charge is 2.11. The minimum absolute atomic E-state index is 0.275. The van der Waals surface area contributed by atoms with Crippen LogP contribution >= 0.6 is 0 Å². The predicted octanol–water partition coefficient (Wildman–Crippen LogP) is 10.8. The first-order chi connectivity index (χ1) is 18.7. The van der Waals surface area contributed by atoms with Crippen LogP contribution in [-0.4, -0.2) is 42.9 Å². The first-order valence-electron chi connectivity index (χ1n) is 17.3. The van der Waals surface area contributed by atoms with Gasteiger partial charge in [-0.15, -0.1) is 0 Å². The van der Waals surface area contributed by atoms with Crippen molar-refractivity contribution in [2.24, 2.45) is 5.92 Å². The van der Waals surface area contributed by atoms with E-state index in [0.29, 0.717) is 5.92 Å². The lowest BCUT2D eigenvalue weighted by molar-refractivity contribution is 0.144. The van der Waals surface area contributed by atoms with Crippen molar-refractivity contribution in [2.75, 3.05) is 32.8 Å². The van der Waals surface area contributed by atoms with Crippen molar-refractivity contribution in [3.8, 4) is 0 Å². The van der Waals surface area contributed by atoms with Gasteiger partial charge in [-0.2, -0.15) is 0 Å². The number of hydrogen-bond acceptors (Lipinski definition) is 3. The van der Waals surface area contributed by atoms with Crippen molar-refractivity contribution >= 4 is 0 Å². The summed E-state index contributed by atoms with van der Waals surface area (Å²) < 4.78 is 6.23. The first kappa shape index (κ1) is 37.5. The number of aliphatic hydroxyl groups excluding tert-OH is 1. The molecule has 0 aliphatic heterocycles. The lowest BCUT2D eigenvalue weighted by Gasteiger charge is -2.21. The van der Waals surface area contributed by atoms with Crippen molar-refractivity contribution in [1.82, 2.24) is 4.90 Å². The average molecular weight is 538 g/mol. The summed E-state index contributed by atoms with van der Waals surface area (Å²) in [6.45, 7) is 15.3. The summed E-state index contributed by atoms with van der Waals surface area (Å²) in [7, 11) is 0. The Kier molecular flexibility index (Phi) is 30.6. The summed E-state index contributed by atoms with van der Waals surface area (Å²) in [6.07, 6.45) is 31.9. The number of hydrogen-bond donors (Lipinski definition) is 1. The number of rotatable bonds is 32. The van der Waals surface area contributed by atoms with Gasteiger partial charge in [0.2, 0.25) is 0 Å². The lowest BCUT2D eigenvalue weighted by Crippen LogP contribution is -2.29. The van der Waals surface area contributed by atoms with Gasteiger partial charge in [-0.3, -0.25) is 0 Å². The monoisotopic (exact) mass is 538 g/mol. The number of nitrogens with zero attached hydrogens (tertiary/aromatic N) is 1. The van der Waals surface area contributed by atoms with Crippen LogP contribution in [0, 0.1) is 5.92 Å². The van der Waals surface area contributed by atoms with Crippen molar-refractivity contribution < 1.29 is 9.84 Å². The van der Waals surface area contributed by atoms with E-state index in [1.807, 2.05) is 0 Å². The van der Waals surface area contributed by atoms with E-state index in [4.69, 9.17) is 4.74 Å². The van der Waals surface area contributed by atoms with Crippen molar-refractivity contribution in [3.63, 3.8) is 0 Å². The Labute approximate surface area is 240 Å². The van der Waals surface area contributed by atoms with Gasteiger partial charge in [0.25, 0.3) is 0 Å². The molecule has 0 bridgehead atoms. The molecule has 0 spiro atoms. The van der Waals surface area contributed by atoms with E-state index in [-0.39, 0.29) is 6.61 Å². The molecule has 0 fully saturated rings. The minimum atomic E-state index is 0.275. The average Bonchev–Trinajstić information content (AvgIpc) is 2.92. The molecule has 0 rings (SSSR count). The molecule has 228 valence electrons. The maximum atomic E-state index is 9.37. The van der Waals surface area contributed by atoms with Crippen molar-refractivity contribution in [2.45, 2.75) is 175 Å². The summed E-state index contributed by atoms with van der Waals surface area (Å²) >= 11 is 0. The van der Waals surface area contributed by atoms with Crippen LogP contribution in [-0.2, 0) is 4.74 Å². The maximum Gasteiger partial charge on any atom is 0.0905 e. The maximum absolute atomic E-state index is 9.37.